The van der Waals surface area contributed by atoms with E-state index < -0.39 is 5.87 Å². The second-order valence-corrected chi connectivity index (χ2v) is 2.52. The first kappa shape index (κ1) is 11.5. The molecule has 0 aromatic carbocycles. The van der Waals surface area contributed by atoms with Gasteiger partial charge < -0.3 is 14.4 Å². The van der Waals surface area contributed by atoms with Gasteiger partial charge in [0.1, 0.15) is 0 Å². The molecule has 0 aromatic heterocycles. The fraction of sp³-hybridized carbons (Fsp3) is 0.833. The van der Waals surface area contributed by atoms with Crippen LogP contribution in [0.15, 0.2) is 0 Å². The Morgan fingerprint density at radius 2 is 2.25 bits per heavy atom. The highest BCUT2D eigenvalue weighted by Crippen LogP contribution is 1.95. The molecule has 0 aliphatic carbocycles. The summed E-state index contributed by atoms with van der Waals surface area (Å²) in [7, 11) is 2.15. The lowest BCUT2D eigenvalue weighted by atomic mass is 9.73. The van der Waals surface area contributed by atoms with Crippen LogP contribution in [0.2, 0.25) is 6.32 Å². The van der Waals surface area contributed by atoms with Gasteiger partial charge in [0.15, 0.2) is 0 Å². The Hall–Kier alpha value is -0.480. The van der Waals surface area contributed by atoms with Crippen molar-refractivity contribution >= 4 is 20.8 Å². The van der Waals surface area contributed by atoms with Crippen LogP contribution in [0.3, 0.4) is 0 Å². The molecule has 12 heavy (non-hydrogen) atoms. The van der Waals surface area contributed by atoms with Crippen LogP contribution < -0.4 is 0 Å². The predicted octanol–water partition coefficient (Wildman–Crippen LogP) is 0.229. The molecule has 0 bridgehead atoms. The molecule has 6 heteroatoms. The minimum atomic E-state index is -0.729. The number of hydrogen-bond donors (Lipinski definition) is 1. The Balaban J connectivity index is 2.86. The standard InChI is InChI=1S/C6H14B2O4/c1-11-8-12-5-3-2-4-7-6(9)10/h7-8H,2-5H2,1H3,(H,9,10). The van der Waals surface area contributed by atoms with Crippen LogP contribution in [-0.4, -0.2) is 39.7 Å². The monoisotopic (exact) mass is 172 g/mol. The molecule has 0 aliphatic rings. The van der Waals surface area contributed by atoms with Gasteiger partial charge in [0.25, 0.3) is 7.28 Å². The molecule has 0 saturated carbocycles. The molecule has 0 aliphatic heterocycles. The van der Waals surface area contributed by atoms with Crippen LogP contribution in [0, 0.1) is 0 Å². The summed E-state index contributed by atoms with van der Waals surface area (Å²) in [4.78, 5) is 10.1. The lowest BCUT2D eigenvalue weighted by Crippen LogP contribution is -2.06. The lowest BCUT2D eigenvalue weighted by Gasteiger charge is -1.99. The summed E-state index contributed by atoms with van der Waals surface area (Å²) in [6.07, 6.45) is 2.53. The van der Waals surface area contributed by atoms with E-state index in [-0.39, 0.29) is 7.28 Å². The van der Waals surface area contributed by atoms with Gasteiger partial charge >= 0.3 is 7.69 Å². The second-order valence-electron chi connectivity index (χ2n) is 2.52. The summed E-state index contributed by atoms with van der Waals surface area (Å²) in [5.74, 6) is -0.729. The Labute approximate surface area is 73.8 Å². The normalized spacial score (nSPS) is 9.42. The van der Waals surface area contributed by atoms with Gasteiger partial charge in [-0.25, -0.2) is 0 Å². The molecule has 0 unspecified atom stereocenters. The van der Waals surface area contributed by atoms with Crippen LogP contribution in [-0.2, 0) is 9.31 Å². The van der Waals surface area contributed by atoms with E-state index in [1.54, 1.807) is 7.11 Å². The number of carbonyl (C=O) groups is 1. The minimum absolute atomic E-state index is 0.254. The molecule has 0 radical (unpaired) electrons. The zero-order valence-corrected chi connectivity index (χ0v) is 7.41. The van der Waals surface area contributed by atoms with Crippen molar-refractivity contribution in [3.8, 4) is 0 Å². The molecule has 0 aromatic rings. The van der Waals surface area contributed by atoms with Crippen LogP contribution in [0.25, 0.3) is 0 Å². The highest BCUT2D eigenvalue weighted by molar-refractivity contribution is 6.71. The van der Waals surface area contributed by atoms with Gasteiger partial charge in [0.05, 0.1) is 0 Å². The lowest BCUT2D eigenvalue weighted by molar-refractivity contribution is 0.219. The quantitative estimate of drug-likeness (QED) is 0.420. The van der Waals surface area contributed by atoms with Gasteiger partial charge in [-0.05, 0) is 6.42 Å². The third-order valence-electron chi connectivity index (χ3n) is 1.38. The van der Waals surface area contributed by atoms with E-state index in [1.165, 1.54) is 0 Å². The molecule has 68 valence electrons. The van der Waals surface area contributed by atoms with Crippen molar-refractivity contribution in [3.63, 3.8) is 0 Å². The summed E-state index contributed by atoms with van der Waals surface area (Å²) in [6.45, 7) is 0.646. The van der Waals surface area contributed by atoms with Crippen molar-refractivity contribution in [1.29, 1.82) is 0 Å². The first-order valence-corrected chi connectivity index (χ1v) is 4.06. The summed E-state index contributed by atoms with van der Waals surface area (Å²) in [6, 6.07) is 0. The largest absolute Gasteiger partial charge is 0.489 e. The zero-order chi connectivity index (χ0) is 9.23. The smallest absolute Gasteiger partial charge is 0.437 e. The highest BCUT2D eigenvalue weighted by Gasteiger charge is 1.99. The van der Waals surface area contributed by atoms with Crippen LogP contribution in [0.4, 0.5) is 4.79 Å². The molecule has 0 amide bonds. The molecular formula is C6H14B2O4. The third kappa shape index (κ3) is 9.52. The Morgan fingerprint density at radius 3 is 2.83 bits per heavy atom. The van der Waals surface area contributed by atoms with Gasteiger partial charge in [-0.3, -0.25) is 4.79 Å². The van der Waals surface area contributed by atoms with Gasteiger partial charge in [-0.2, -0.15) is 0 Å². The Morgan fingerprint density at radius 1 is 1.50 bits per heavy atom. The molecule has 0 rings (SSSR count). The first-order chi connectivity index (χ1) is 5.77. The maximum absolute atomic E-state index is 10.1. The van der Waals surface area contributed by atoms with E-state index >= 15 is 0 Å². The van der Waals surface area contributed by atoms with Crippen LogP contribution in [0.5, 0.6) is 0 Å². The van der Waals surface area contributed by atoms with Crippen molar-refractivity contribution in [1.82, 2.24) is 0 Å². The predicted molar refractivity (Wildman–Crippen MR) is 49.3 cm³/mol. The maximum Gasteiger partial charge on any atom is 0.437 e. The first-order valence-electron chi connectivity index (χ1n) is 4.06. The topological polar surface area (TPSA) is 55.8 Å². The van der Waals surface area contributed by atoms with Crippen molar-refractivity contribution < 1.29 is 19.2 Å². The van der Waals surface area contributed by atoms with E-state index in [2.05, 4.69) is 4.65 Å². The molecule has 4 nitrogen and oxygen atoms in total. The summed E-state index contributed by atoms with van der Waals surface area (Å²) in [5.41, 5.74) is 0. The van der Waals surface area contributed by atoms with E-state index in [9.17, 15) is 4.79 Å². The van der Waals surface area contributed by atoms with Gasteiger partial charge in [0, 0.05) is 13.7 Å². The number of rotatable bonds is 8. The van der Waals surface area contributed by atoms with Crippen LogP contribution >= 0.6 is 0 Å². The highest BCUT2D eigenvalue weighted by atomic mass is 16.6. The molecule has 0 fully saturated rings. The van der Waals surface area contributed by atoms with Gasteiger partial charge in [-0.1, -0.05) is 12.7 Å². The average molecular weight is 172 g/mol. The molecule has 0 spiro atoms. The summed E-state index contributed by atoms with van der Waals surface area (Å²) < 4.78 is 9.69. The minimum Gasteiger partial charge on any atom is -0.489 e. The number of unbranched alkanes of at least 4 members (excludes halogenated alkanes) is 1. The van der Waals surface area contributed by atoms with Crippen molar-refractivity contribution in [3.05, 3.63) is 0 Å². The molecule has 1 N–H and O–H groups in total. The molecule has 0 heterocycles. The van der Waals surface area contributed by atoms with Gasteiger partial charge in [0.2, 0.25) is 5.87 Å². The van der Waals surface area contributed by atoms with E-state index in [4.69, 9.17) is 9.76 Å². The molecular weight excluding hydrogens is 158 g/mol. The van der Waals surface area contributed by atoms with E-state index in [0.29, 0.717) is 14.3 Å². The fourth-order valence-electron chi connectivity index (χ4n) is 0.799. The zero-order valence-electron chi connectivity index (χ0n) is 7.41. The summed E-state index contributed by atoms with van der Waals surface area (Å²) >= 11 is 0. The third-order valence-corrected chi connectivity index (χ3v) is 1.38. The van der Waals surface area contributed by atoms with E-state index in [1.807, 2.05) is 0 Å². The van der Waals surface area contributed by atoms with Crippen molar-refractivity contribution in [2.24, 2.45) is 0 Å². The number of carboxylic acid groups (broad SMARTS) is 1. The molecule has 0 atom stereocenters. The Kier molecular flexibility index (Phi) is 8.27. The second kappa shape index (κ2) is 8.61. The average Bonchev–Trinajstić information content (AvgIpc) is 2.02. The number of hydrogen-bond acceptors (Lipinski definition) is 3. The SMILES string of the molecule is COBOCCCCBC(=O)O. The van der Waals surface area contributed by atoms with E-state index in [0.717, 1.165) is 19.2 Å². The summed E-state index contributed by atoms with van der Waals surface area (Å²) in [5, 5.41) is 8.30. The van der Waals surface area contributed by atoms with Crippen LogP contribution in [0.1, 0.15) is 12.8 Å². The van der Waals surface area contributed by atoms with Gasteiger partial charge in [-0.15, -0.1) is 0 Å². The fourth-order valence-corrected chi connectivity index (χ4v) is 0.799. The van der Waals surface area contributed by atoms with Crippen molar-refractivity contribution in [2.75, 3.05) is 13.7 Å². The molecule has 0 saturated heterocycles. The van der Waals surface area contributed by atoms with Crippen molar-refractivity contribution in [2.45, 2.75) is 19.2 Å². The Bertz CT molecular complexity index is 120. The maximum atomic E-state index is 10.1.